The third-order valence-corrected chi connectivity index (χ3v) is 6.12. The number of anilines is 2. The Balaban J connectivity index is 0.000000748. The lowest BCUT2D eigenvalue weighted by Gasteiger charge is -2.35. The fourth-order valence-corrected chi connectivity index (χ4v) is 4.19. The highest BCUT2D eigenvalue weighted by atomic mass is 31.2. The van der Waals surface area contributed by atoms with Gasteiger partial charge in [-0.3, -0.25) is 4.79 Å². The van der Waals surface area contributed by atoms with Crippen LogP contribution in [0.15, 0.2) is 54.7 Å². The van der Waals surface area contributed by atoms with Gasteiger partial charge in [-0.15, -0.1) is 0 Å². The quantitative estimate of drug-likeness (QED) is 0.222. The van der Waals surface area contributed by atoms with Gasteiger partial charge in [0.05, 0.1) is 26.1 Å². The van der Waals surface area contributed by atoms with Crippen molar-refractivity contribution in [3.63, 3.8) is 0 Å². The number of nitrogens with two attached hydrogens (primary N) is 1. The van der Waals surface area contributed by atoms with Crippen molar-refractivity contribution >= 4 is 36.7 Å². The number of rotatable bonds is 7. The van der Waals surface area contributed by atoms with Crippen LogP contribution in [0.5, 0.6) is 17.2 Å². The van der Waals surface area contributed by atoms with Crippen molar-refractivity contribution in [1.82, 2.24) is 24.8 Å². The van der Waals surface area contributed by atoms with Gasteiger partial charge in [-0.1, -0.05) is 18.2 Å². The molecule has 0 radical (unpaired) electrons. The first-order chi connectivity index (χ1) is 20.1. The molecule has 3 heterocycles. The highest BCUT2D eigenvalue weighted by Gasteiger charge is 2.25. The maximum absolute atomic E-state index is 12.7. The minimum Gasteiger partial charge on any atom is -0.493 e. The molecule has 5 rings (SSSR count). The summed E-state index contributed by atoms with van der Waals surface area (Å²) in [5.41, 5.74) is 8.38. The number of nitrogens with zero attached hydrogens (tertiary/aromatic N) is 6. The monoisotopic (exact) mass is 599 g/mol. The minimum atomic E-state index is -4.64. The minimum absolute atomic E-state index is 0.00639. The molecule has 2 aromatic carbocycles. The molecule has 0 saturated carbocycles. The van der Waals surface area contributed by atoms with Gasteiger partial charge in [0.1, 0.15) is 5.75 Å². The maximum atomic E-state index is 12.7. The molecule has 1 fully saturated rings. The normalized spacial score (nSPS) is 13.3. The molecule has 16 heteroatoms. The van der Waals surface area contributed by atoms with E-state index in [1.54, 1.807) is 25.3 Å². The fraction of sp³-hybridized carbons (Fsp3) is 0.269. The van der Waals surface area contributed by atoms with E-state index in [1.807, 2.05) is 48.5 Å². The lowest BCUT2D eigenvalue weighted by Crippen LogP contribution is -2.50. The molecule has 5 N–H and O–H groups in total. The van der Waals surface area contributed by atoms with Crippen molar-refractivity contribution < 1.29 is 38.3 Å². The number of phosphoric acid groups is 1. The summed E-state index contributed by atoms with van der Waals surface area (Å²) in [5.74, 6) is 2.52. The van der Waals surface area contributed by atoms with Crippen LogP contribution < -0.4 is 24.8 Å². The van der Waals surface area contributed by atoms with E-state index >= 15 is 0 Å². The second kappa shape index (κ2) is 13.4. The molecule has 0 unspecified atom stereocenters. The lowest BCUT2D eigenvalue weighted by atomic mass is 10.1. The molecule has 1 aliphatic heterocycles. The van der Waals surface area contributed by atoms with Gasteiger partial charge in [0, 0.05) is 31.7 Å². The number of carbonyl (C=O) groups is 1. The van der Waals surface area contributed by atoms with Crippen molar-refractivity contribution in [3.8, 4) is 28.5 Å². The second-order valence-electron chi connectivity index (χ2n) is 8.89. The van der Waals surface area contributed by atoms with E-state index in [1.165, 1.54) is 0 Å². The van der Waals surface area contributed by atoms with Crippen LogP contribution in [0.3, 0.4) is 0 Å². The van der Waals surface area contributed by atoms with Crippen molar-refractivity contribution in [3.05, 3.63) is 54.7 Å². The first-order valence-electron chi connectivity index (χ1n) is 12.6. The number of nitrogen functional groups attached to an aromatic ring is 1. The Bertz CT molecular complexity index is 1570. The summed E-state index contributed by atoms with van der Waals surface area (Å²) in [6, 6.07) is 14.8. The van der Waals surface area contributed by atoms with Gasteiger partial charge in [0.2, 0.25) is 5.95 Å². The molecule has 4 aromatic rings. The molecule has 0 spiro atoms. The number of fused-ring (bicyclic) bond motifs is 1. The van der Waals surface area contributed by atoms with E-state index in [-0.39, 0.29) is 18.5 Å². The van der Waals surface area contributed by atoms with Gasteiger partial charge in [-0.2, -0.15) is 9.97 Å². The largest absolute Gasteiger partial charge is 0.493 e. The number of hydrogen-bond acceptors (Lipinski definition) is 11. The van der Waals surface area contributed by atoms with E-state index in [0.29, 0.717) is 66.1 Å². The highest BCUT2D eigenvalue weighted by Crippen LogP contribution is 2.33. The average molecular weight is 600 g/mol. The van der Waals surface area contributed by atoms with E-state index in [2.05, 4.69) is 19.9 Å². The van der Waals surface area contributed by atoms with Crippen LogP contribution in [0.2, 0.25) is 0 Å². The summed E-state index contributed by atoms with van der Waals surface area (Å²) >= 11 is 0. The van der Waals surface area contributed by atoms with E-state index in [4.69, 9.17) is 44.2 Å². The molecule has 0 atom stereocenters. The lowest BCUT2D eigenvalue weighted by molar-refractivity contribution is -0.133. The van der Waals surface area contributed by atoms with Crippen LogP contribution in [0.4, 0.5) is 11.8 Å². The molecular formula is C26H30N7O8P. The van der Waals surface area contributed by atoms with Crippen LogP contribution in [-0.4, -0.2) is 92.4 Å². The zero-order valence-corrected chi connectivity index (χ0v) is 23.7. The number of ether oxygens (including phenoxy) is 3. The number of carbonyl (C=O) groups excluding carboxylic acids is 1. The van der Waals surface area contributed by atoms with E-state index < -0.39 is 7.82 Å². The molecule has 1 amide bonds. The first-order valence-corrected chi connectivity index (χ1v) is 14.1. The van der Waals surface area contributed by atoms with Crippen LogP contribution in [-0.2, 0) is 9.36 Å². The Kier molecular flexibility index (Phi) is 9.70. The summed E-state index contributed by atoms with van der Waals surface area (Å²) in [7, 11) is -1.47. The molecule has 1 saturated heterocycles. The van der Waals surface area contributed by atoms with Crippen LogP contribution in [0, 0.1) is 0 Å². The Morgan fingerprint density at radius 1 is 0.952 bits per heavy atom. The highest BCUT2D eigenvalue weighted by molar-refractivity contribution is 7.45. The third kappa shape index (κ3) is 8.01. The smallest absolute Gasteiger partial charge is 0.466 e. The Morgan fingerprint density at radius 2 is 1.62 bits per heavy atom. The van der Waals surface area contributed by atoms with E-state index in [0.717, 1.165) is 5.56 Å². The SMILES string of the molecule is COc1ccc(-c2cnc3nc(N)nc(N4CCN(C(=O)COc5ccccc5)CC4)c3n2)cc1OC.O=P(O)(O)O. The Hall–Kier alpha value is -4.56. The van der Waals surface area contributed by atoms with Crippen LogP contribution in [0.25, 0.3) is 22.4 Å². The molecular weight excluding hydrogens is 569 g/mol. The summed E-state index contributed by atoms with van der Waals surface area (Å²) in [4.78, 5) is 56.1. The van der Waals surface area contributed by atoms with Crippen molar-refractivity contribution in [1.29, 1.82) is 0 Å². The predicted molar refractivity (Wildman–Crippen MR) is 153 cm³/mol. The second-order valence-corrected chi connectivity index (χ2v) is 9.91. The molecule has 15 nitrogen and oxygen atoms in total. The predicted octanol–water partition coefficient (Wildman–Crippen LogP) is 1.49. The van der Waals surface area contributed by atoms with Gasteiger partial charge < -0.3 is 44.4 Å². The molecule has 1 aliphatic rings. The van der Waals surface area contributed by atoms with Crippen molar-refractivity contribution in [2.45, 2.75) is 0 Å². The molecule has 2 aromatic heterocycles. The van der Waals surface area contributed by atoms with E-state index in [9.17, 15) is 4.79 Å². The summed E-state index contributed by atoms with van der Waals surface area (Å²) in [6.45, 7) is 2.15. The van der Waals surface area contributed by atoms with Crippen molar-refractivity contribution in [2.75, 3.05) is 57.6 Å². The number of methoxy groups -OCH3 is 2. The van der Waals surface area contributed by atoms with Gasteiger partial charge in [0.25, 0.3) is 5.91 Å². The molecule has 0 bridgehead atoms. The molecule has 222 valence electrons. The third-order valence-electron chi connectivity index (χ3n) is 6.12. The Morgan fingerprint density at radius 3 is 2.26 bits per heavy atom. The topological polar surface area (TPSA) is 207 Å². The number of piperazine rings is 1. The summed E-state index contributed by atoms with van der Waals surface area (Å²) in [5, 5.41) is 0. The number of para-hydroxylation sites is 1. The Labute approximate surface area is 240 Å². The zero-order chi connectivity index (χ0) is 30.3. The fourth-order valence-electron chi connectivity index (χ4n) is 4.19. The molecule has 42 heavy (non-hydrogen) atoms. The zero-order valence-electron chi connectivity index (χ0n) is 22.8. The van der Waals surface area contributed by atoms with Gasteiger partial charge in [-0.05, 0) is 30.3 Å². The first kappa shape index (κ1) is 30.4. The summed E-state index contributed by atoms with van der Waals surface area (Å²) < 4.78 is 25.3. The van der Waals surface area contributed by atoms with Crippen molar-refractivity contribution in [2.24, 2.45) is 0 Å². The molecule has 0 aliphatic carbocycles. The van der Waals surface area contributed by atoms with Gasteiger partial charge in [-0.25, -0.2) is 14.5 Å². The number of amides is 1. The maximum Gasteiger partial charge on any atom is 0.466 e. The number of hydrogen-bond donors (Lipinski definition) is 4. The number of benzene rings is 2. The van der Waals surface area contributed by atoms with Gasteiger partial charge >= 0.3 is 7.82 Å². The standard InChI is InChI=1S/C26H27N7O4.H3O4P/c1-35-20-9-8-17(14-21(20)36-2)19-15-28-24-23(29-19)25(31-26(27)30-24)33-12-10-32(11-13-33)22(34)16-37-18-6-4-3-5-7-18;1-5(2,3)4/h3-9,14-15H,10-13,16H2,1-2H3,(H2,27,28,30,31);(H3,1,2,3,4). The summed E-state index contributed by atoms with van der Waals surface area (Å²) in [6.07, 6.45) is 1.64. The number of aromatic nitrogens is 4. The average Bonchev–Trinajstić information content (AvgIpc) is 2.98. The van der Waals surface area contributed by atoms with Gasteiger partial charge in [0.15, 0.2) is 35.1 Å². The van der Waals surface area contributed by atoms with Crippen LogP contribution in [0.1, 0.15) is 0 Å². The van der Waals surface area contributed by atoms with Crippen LogP contribution >= 0.6 is 7.82 Å².